The normalized spacial score (nSPS) is 13.8. The number of methoxy groups -OCH3 is 1. The average molecular weight is 572 g/mol. The molecule has 1 aliphatic heterocycles. The molecular formula is C25H23Cl2N7O3S. The summed E-state index contributed by atoms with van der Waals surface area (Å²) in [4.78, 5) is 40.1. The first kappa shape index (κ1) is 26.1. The molecule has 1 fully saturated rings. The van der Waals surface area contributed by atoms with Gasteiger partial charge in [-0.15, -0.1) is 11.3 Å². The summed E-state index contributed by atoms with van der Waals surface area (Å²) < 4.78 is 5.99. The molecule has 0 spiro atoms. The largest absolute Gasteiger partial charge is 0.495 e. The number of fused-ring (bicyclic) bond motifs is 1. The summed E-state index contributed by atoms with van der Waals surface area (Å²) >= 11 is 14.2. The van der Waals surface area contributed by atoms with Crippen molar-refractivity contribution in [3.05, 3.63) is 62.8 Å². The lowest BCUT2D eigenvalue weighted by molar-refractivity contribution is -0.124. The van der Waals surface area contributed by atoms with Gasteiger partial charge in [0.05, 0.1) is 40.1 Å². The Morgan fingerprint density at radius 3 is 2.82 bits per heavy atom. The molecule has 0 unspecified atom stereocenters. The molecule has 3 N–H and O–H groups in total. The number of halogens is 2. The lowest BCUT2D eigenvalue weighted by atomic mass is 10.2. The highest BCUT2D eigenvalue weighted by Crippen LogP contribution is 2.41. The second-order valence-electron chi connectivity index (χ2n) is 8.64. The predicted octanol–water partition coefficient (Wildman–Crippen LogP) is 4.64. The SMILES string of the molecule is COc1cc(C)c(Cl)c(NC(=O)c2csc3c(Nc4ccc(CN5CCNC(=O)C5)cn4)ncnc23)c1Cl. The number of piperazine rings is 1. The van der Waals surface area contributed by atoms with Gasteiger partial charge in [0.25, 0.3) is 5.91 Å². The Hall–Kier alpha value is -3.51. The molecule has 0 atom stereocenters. The zero-order valence-electron chi connectivity index (χ0n) is 20.5. The maximum atomic E-state index is 13.2. The molecule has 1 aliphatic rings. The van der Waals surface area contributed by atoms with E-state index in [1.165, 1.54) is 24.8 Å². The number of pyridine rings is 1. The summed E-state index contributed by atoms with van der Waals surface area (Å²) in [5.41, 5.74) is 2.83. The molecule has 5 rings (SSSR count). The number of hydrogen-bond donors (Lipinski definition) is 3. The van der Waals surface area contributed by atoms with Gasteiger partial charge in [-0.1, -0.05) is 29.3 Å². The minimum absolute atomic E-state index is 0.0316. The maximum Gasteiger partial charge on any atom is 0.258 e. The lowest BCUT2D eigenvalue weighted by Crippen LogP contribution is -2.47. The number of carbonyl (C=O) groups excluding carboxylic acids is 2. The van der Waals surface area contributed by atoms with Gasteiger partial charge in [0, 0.05) is 31.2 Å². The Labute approximate surface area is 232 Å². The molecule has 4 aromatic rings. The Morgan fingerprint density at radius 2 is 2.08 bits per heavy atom. The van der Waals surface area contributed by atoms with E-state index >= 15 is 0 Å². The molecular weight excluding hydrogens is 549 g/mol. The number of ether oxygens (including phenoxy) is 1. The van der Waals surface area contributed by atoms with Crippen LogP contribution in [0.4, 0.5) is 17.3 Å². The number of benzene rings is 1. The van der Waals surface area contributed by atoms with Crippen LogP contribution in [0.25, 0.3) is 10.2 Å². The molecule has 13 heteroatoms. The van der Waals surface area contributed by atoms with Crippen LogP contribution in [-0.4, -0.2) is 58.4 Å². The quantitative estimate of drug-likeness (QED) is 0.293. The molecule has 0 bridgehead atoms. The van der Waals surface area contributed by atoms with Crippen molar-refractivity contribution in [2.24, 2.45) is 0 Å². The van der Waals surface area contributed by atoms with Crippen molar-refractivity contribution < 1.29 is 14.3 Å². The lowest BCUT2D eigenvalue weighted by Gasteiger charge is -2.26. The Balaban J connectivity index is 1.34. The molecule has 3 aromatic heterocycles. The highest BCUT2D eigenvalue weighted by Gasteiger charge is 2.21. The van der Waals surface area contributed by atoms with Crippen LogP contribution in [0.2, 0.25) is 10.0 Å². The molecule has 0 aliphatic carbocycles. The topological polar surface area (TPSA) is 121 Å². The van der Waals surface area contributed by atoms with Crippen LogP contribution in [0, 0.1) is 6.92 Å². The second kappa shape index (κ2) is 11.1. The molecule has 0 saturated carbocycles. The first-order chi connectivity index (χ1) is 18.3. The molecule has 196 valence electrons. The summed E-state index contributed by atoms with van der Waals surface area (Å²) in [5.74, 6) is 1.15. The molecule has 10 nitrogen and oxygen atoms in total. The van der Waals surface area contributed by atoms with Crippen LogP contribution >= 0.6 is 34.5 Å². The average Bonchev–Trinajstić information content (AvgIpc) is 3.35. The van der Waals surface area contributed by atoms with Gasteiger partial charge in [0.1, 0.15) is 22.9 Å². The van der Waals surface area contributed by atoms with Gasteiger partial charge in [-0.2, -0.15) is 0 Å². The molecule has 38 heavy (non-hydrogen) atoms. The fourth-order valence-electron chi connectivity index (χ4n) is 4.08. The third-order valence-corrected chi connectivity index (χ3v) is 7.84. The number of nitrogens with one attached hydrogen (secondary N) is 3. The van der Waals surface area contributed by atoms with Gasteiger partial charge >= 0.3 is 0 Å². The first-order valence-electron chi connectivity index (χ1n) is 11.6. The van der Waals surface area contributed by atoms with E-state index in [2.05, 4.69) is 35.8 Å². The molecule has 2 amide bonds. The van der Waals surface area contributed by atoms with Gasteiger partial charge in [-0.3, -0.25) is 14.5 Å². The number of anilines is 3. The number of aryl methyl sites for hydroxylation is 1. The van der Waals surface area contributed by atoms with Crippen LogP contribution in [0.1, 0.15) is 21.5 Å². The van der Waals surface area contributed by atoms with Crippen LogP contribution in [0.5, 0.6) is 5.75 Å². The van der Waals surface area contributed by atoms with Gasteiger partial charge in [0.2, 0.25) is 5.91 Å². The number of carbonyl (C=O) groups is 2. The maximum absolute atomic E-state index is 13.2. The third-order valence-electron chi connectivity index (χ3n) is 6.00. The van der Waals surface area contributed by atoms with Crippen molar-refractivity contribution in [3.63, 3.8) is 0 Å². The summed E-state index contributed by atoms with van der Waals surface area (Å²) in [6.45, 7) is 4.27. The van der Waals surface area contributed by atoms with Crippen molar-refractivity contribution in [2.75, 3.05) is 37.4 Å². The van der Waals surface area contributed by atoms with Crippen molar-refractivity contribution >= 4 is 73.9 Å². The van der Waals surface area contributed by atoms with Gasteiger partial charge in [0.15, 0.2) is 5.82 Å². The molecule has 1 saturated heterocycles. The zero-order chi connectivity index (χ0) is 26.8. The standard InChI is InChI=1S/C25H23Cl2N7O3S/c1-13-7-16(37-2)20(27)22(19(13)26)33-25(36)15-11-38-23-21(15)30-12-31-24(23)32-17-4-3-14(8-29-17)9-34-6-5-28-18(35)10-34/h3-4,7-8,11-12H,5-6,9-10H2,1-2H3,(H,28,35)(H,33,36)(H,29,30,31,32). The number of aromatic nitrogens is 3. The number of amides is 2. The Morgan fingerprint density at radius 1 is 1.24 bits per heavy atom. The van der Waals surface area contributed by atoms with Crippen molar-refractivity contribution in [1.82, 2.24) is 25.2 Å². The fraction of sp³-hybridized carbons (Fsp3) is 0.240. The first-order valence-corrected chi connectivity index (χ1v) is 13.2. The van der Waals surface area contributed by atoms with E-state index in [0.717, 1.165) is 12.1 Å². The van der Waals surface area contributed by atoms with Crippen molar-refractivity contribution in [1.29, 1.82) is 0 Å². The number of thiophene rings is 1. The van der Waals surface area contributed by atoms with Gasteiger partial charge < -0.3 is 20.7 Å². The monoisotopic (exact) mass is 571 g/mol. The molecule has 1 aromatic carbocycles. The fourth-order valence-corrected chi connectivity index (χ4v) is 5.54. The van der Waals surface area contributed by atoms with Crippen molar-refractivity contribution in [2.45, 2.75) is 13.5 Å². The highest BCUT2D eigenvalue weighted by molar-refractivity contribution is 7.18. The van der Waals surface area contributed by atoms with E-state index < -0.39 is 5.91 Å². The summed E-state index contributed by atoms with van der Waals surface area (Å²) in [6.07, 6.45) is 3.16. The smallest absolute Gasteiger partial charge is 0.258 e. The van der Waals surface area contributed by atoms with Crippen LogP contribution in [0.3, 0.4) is 0 Å². The van der Waals surface area contributed by atoms with E-state index in [9.17, 15) is 9.59 Å². The van der Waals surface area contributed by atoms with E-state index in [-0.39, 0.29) is 16.6 Å². The summed E-state index contributed by atoms with van der Waals surface area (Å²) in [7, 11) is 1.50. The number of hydrogen-bond acceptors (Lipinski definition) is 9. The molecule has 4 heterocycles. The molecule has 0 radical (unpaired) electrons. The Bertz CT molecular complexity index is 1530. The van der Waals surface area contributed by atoms with Crippen LogP contribution in [0.15, 0.2) is 36.1 Å². The number of rotatable bonds is 7. The summed E-state index contributed by atoms with van der Waals surface area (Å²) in [5, 5.41) is 11.1. The number of nitrogens with zero attached hydrogens (tertiary/aromatic N) is 4. The van der Waals surface area contributed by atoms with Crippen molar-refractivity contribution in [3.8, 4) is 5.75 Å². The minimum Gasteiger partial charge on any atom is -0.495 e. The Kier molecular flexibility index (Phi) is 7.61. The van der Waals surface area contributed by atoms with Crippen LogP contribution < -0.4 is 20.7 Å². The summed E-state index contributed by atoms with van der Waals surface area (Å²) in [6, 6.07) is 5.51. The van der Waals surface area contributed by atoms with E-state index in [1.807, 2.05) is 12.1 Å². The van der Waals surface area contributed by atoms with Gasteiger partial charge in [-0.05, 0) is 30.2 Å². The third kappa shape index (κ3) is 5.37. The van der Waals surface area contributed by atoms with E-state index in [1.54, 1.807) is 24.6 Å². The minimum atomic E-state index is -0.411. The van der Waals surface area contributed by atoms with E-state index in [4.69, 9.17) is 27.9 Å². The predicted molar refractivity (Wildman–Crippen MR) is 149 cm³/mol. The second-order valence-corrected chi connectivity index (χ2v) is 10.3. The van der Waals surface area contributed by atoms with Gasteiger partial charge in [-0.25, -0.2) is 15.0 Å². The van der Waals surface area contributed by atoms with E-state index in [0.29, 0.717) is 63.4 Å². The zero-order valence-corrected chi connectivity index (χ0v) is 22.8. The highest BCUT2D eigenvalue weighted by atomic mass is 35.5. The van der Waals surface area contributed by atoms with Crippen LogP contribution in [-0.2, 0) is 11.3 Å².